The van der Waals surface area contributed by atoms with Crippen LogP contribution in [-0.2, 0) is 33.9 Å². The summed E-state index contributed by atoms with van der Waals surface area (Å²) in [5.74, 6) is 0. The molecule has 0 aliphatic heterocycles. The van der Waals surface area contributed by atoms with Gasteiger partial charge in [0.25, 0.3) is 0 Å². The Kier molecular flexibility index (Phi) is 10.4. The highest BCUT2D eigenvalue weighted by Crippen LogP contribution is 2.27. The van der Waals surface area contributed by atoms with Crippen LogP contribution in [0.15, 0.2) is 0 Å². The average Bonchev–Trinajstić information content (AvgIpc) is 2.37. The first kappa shape index (κ1) is 29.0. The number of rotatable bonds is 13. The monoisotopic (exact) mass is 506 g/mol. The van der Waals surface area contributed by atoms with Crippen molar-refractivity contribution in [2.24, 2.45) is 0 Å². The second-order valence-electron chi connectivity index (χ2n) is 9.33. The Morgan fingerprint density at radius 3 is 0.857 bits per heavy atom. The van der Waals surface area contributed by atoms with E-state index in [1.807, 2.05) is 39.3 Å². The van der Waals surface area contributed by atoms with Crippen LogP contribution in [0.25, 0.3) is 0 Å². The van der Waals surface area contributed by atoms with Gasteiger partial charge >= 0.3 is 43.3 Å². The molecule has 170 valence electrons. The van der Waals surface area contributed by atoms with Crippen LogP contribution >= 0.6 is 0 Å². The highest BCUT2D eigenvalue weighted by Gasteiger charge is 2.52. The molecule has 0 heterocycles. The Morgan fingerprint density at radius 2 is 0.607 bits per heavy atom. The van der Waals surface area contributed by atoms with Crippen molar-refractivity contribution in [2.45, 2.75) is 72.0 Å². The summed E-state index contributed by atoms with van der Waals surface area (Å²) >= 11 is 0. The van der Waals surface area contributed by atoms with E-state index in [2.05, 4.69) is 32.7 Å². The maximum absolute atomic E-state index is 6.48. The molecule has 0 fully saturated rings. The van der Waals surface area contributed by atoms with Crippen LogP contribution in [0.5, 0.6) is 0 Å². The van der Waals surface area contributed by atoms with Gasteiger partial charge in [0.05, 0.1) is 0 Å². The largest absolute Gasteiger partial charge is 0.669 e. The topological polar surface area (TPSA) is 73.8 Å². The van der Waals surface area contributed by atoms with Crippen LogP contribution in [-0.4, -0.2) is 72.9 Å². The van der Waals surface area contributed by atoms with Gasteiger partial charge in [0.1, 0.15) is 0 Å². The van der Waals surface area contributed by atoms with Gasteiger partial charge in [0.2, 0.25) is 0 Å². The third kappa shape index (κ3) is 11.4. The first-order valence-corrected chi connectivity index (χ1v) is 25.7. The zero-order chi connectivity index (χ0) is 22.7. The molecule has 14 heteroatoms. The smallest absolute Gasteiger partial charge is 0.437 e. The lowest BCUT2D eigenvalue weighted by Gasteiger charge is -2.42. The third-order valence-corrected chi connectivity index (χ3v) is 23.8. The lowest BCUT2D eigenvalue weighted by molar-refractivity contribution is 0.0404. The molecule has 8 nitrogen and oxygen atoms in total. The minimum absolute atomic E-state index is 1.51. The van der Waals surface area contributed by atoms with Gasteiger partial charge in [-0.1, -0.05) is 0 Å². The van der Waals surface area contributed by atoms with E-state index in [1.165, 1.54) is 21.3 Å². The number of hydrogen-bond acceptors (Lipinski definition) is 8. The summed E-state index contributed by atoms with van der Waals surface area (Å²) in [6.45, 7) is 22.6. The molecule has 0 saturated carbocycles. The van der Waals surface area contributed by atoms with Crippen molar-refractivity contribution >= 4 is 51.6 Å². The summed E-state index contributed by atoms with van der Waals surface area (Å²) in [5.41, 5.74) is 0. The highest BCUT2D eigenvalue weighted by atomic mass is 28.5. The average molecular weight is 507 g/mol. The van der Waals surface area contributed by atoms with E-state index in [0.29, 0.717) is 0 Å². The molecule has 0 aliphatic carbocycles. The van der Waals surface area contributed by atoms with E-state index in [1.54, 1.807) is 0 Å². The molecular weight excluding hydrogens is 465 g/mol. The molecule has 0 radical (unpaired) electrons. The van der Waals surface area contributed by atoms with E-state index in [0.717, 1.165) is 0 Å². The van der Waals surface area contributed by atoms with E-state index >= 15 is 0 Å². The fourth-order valence-corrected chi connectivity index (χ4v) is 29.5. The van der Waals surface area contributed by atoms with Gasteiger partial charge in [0, 0.05) is 21.3 Å². The summed E-state index contributed by atoms with van der Waals surface area (Å²) in [6.07, 6.45) is 0. The molecule has 0 N–H and O–H groups in total. The van der Waals surface area contributed by atoms with Gasteiger partial charge in [-0.25, -0.2) is 0 Å². The SMILES string of the molecule is CO[Si](OC)(OC)O[Si](C)(C)O[Si](C)(C)O[Si](C)(C)O[Si](C)(C)O[Si](C)(C)C. The Bertz CT molecular complexity index is 482. The van der Waals surface area contributed by atoms with Crippen molar-refractivity contribution in [3.63, 3.8) is 0 Å². The lowest BCUT2D eigenvalue weighted by Crippen LogP contribution is -2.61. The third-order valence-electron chi connectivity index (χ3n) is 3.15. The van der Waals surface area contributed by atoms with Crippen LogP contribution in [0.4, 0.5) is 0 Å². The molecule has 0 atom stereocenters. The summed E-state index contributed by atoms with van der Waals surface area (Å²) < 4.78 is 47.9. The van der Waals surface area contributed by atoms with Crippen molar-refractivity contribution < 1.29 is 33.9 Å². The minimum Gasteiger partial charge on any atom is -0.437 e. The van der Waals surface area contributed by atoms with Crippen LogP contribution in [0.2, 0.25) is 72.0 Å². The van der Waals surface area contributed by atoms with Gasteiger partial charge in [-0.2, -0.15) is 0 Å². The molecule has 0 aromatic heterocycles. The van der Waals surface area contributed by atoms with Gasteiger partial charge < -0.3 is 33.9 Å². The zero-order valence-corrected chi connectivity index (χ0v) is 26.3. The van der Waals surface area contributed by atoms with Gasteiger partial charge in [-0.3, -0.25) is 0 Å². The van der Waals surface area contributed by atoms with E-state index in [-0.39, 0.29) is 0 Å². The maximum Gasteiger partial charge on any atom is 0.669 e. The van der Waals surface area contributed by atoms with Crippen molar-refractivity contribution in [2.75, 3.05) is 21.3 Å². The fourth-order valence-electron chi connectivity index (χ4n) is 3.27. The standard InChI is InChI=1S/C14H42O8Si6/c1-15-28(16-2,17-3)22-27(13,14)21-26(11,12)20-25(9,10)19-24(7,8)18-23(4,5)6/h1-14H3. The maximum atomic E-state index is 6.48. The molecule has 0 bridgehead atoms. The first-order chi connectivity index (χ1) is 12.2. The first-order valence-electron chi connectivity index (χ1n) is 9.38. The summed E-state index contributed by atoms with van der Waals surface area (Å²) in [7, 11) is -10.4. The minimum atomic E-state index is -3.20. The van der Waals surface area contributed by atoms with Crippen LogP contribution in [0.1, 0.15) is 0 Å². The van der Waals surface area contributed by atoms with Crippen LogP contribution in [0.3, 0.4) is 0 Å². The molecule has 0 aliphatic rings. The molecule has 0 aromatic carbocycles. The molecule has 0 amide bonds. The molecule has 0 aromatic rings. The van der Waals surface area contributed by atoms with E-state index < -0.39 is 51.6 Å². The van der Waals surface area contributed by atoms with Crippen molar-refractivity contribution in [3.8, 4) is 0 Å². The summed E-state index contributed by atoms with van der Waals surface area (Å²) in [5, 5.41) is 0. The molecule has 0 rings (SSSR count). The lowest BCUT2D eigenvalue weighted by atomic mass is 11.8. The molecule has 0 unspecified atom stereocenters. The predicted molar refractivity (Wildman–Crippen MR) is 125 cm³/mol. The highest BCUT2D eigenvalue weighted by molar-refractivity contribution is 6.90. The van der Waals surface area contributed by atoms with E-state index in [9.17, 15) is 0 Å². The number of hydrogen-bond donors (Lipinski definition) is 0. The predicted octanol–water partition coefficient (Wildman–Crippen LogP) is 4.09. The Labute approximate surface area is 178 Å². The van der Waals surface area contributed by atoms with Gasteiger partial charge in [-0.15, -0.1) is 0 Å². The molecular formula is C14H42O8Si6. The van der Waals surface area contributed by atoms with Crippen LogP contribution < -0.4 is 0 Å². The fraction of sp³-hybridized carbons (Fsp3) is 1.00. The van der Waals surface area contributed by atoms with E-state index in [4.69, 9.17) is 33.9 Å². The van der Waals surface area contributed by atoms with Crippen molar-refractivity contribution in [1.82, 2.24) is 0 Å². The van der Waals surface area contributed by atoms with Gasteiger partial charge in [-0.05, 0) is 72.0 Å². The second-order valence-corrected chi connectivity index (χ2v) is 31.1. The molecule has 0 spiro atoms. The quantitative estimate of drug-likeness (QED) is 0.346. The summed E-state index contributed by atoms with van der Waals surface area (Å²) in [6, 6.07) is 0. The summed E-state index contributed by atoms with van der Waals surface area (Å²) in [4.78, 5) is 0. The Morgan fingerprint density at radius 1 is 0.357 bits per heavy atom. The molecule has 0 saturated heterocycles. The van der Waals surface area contributed by atoms with Crippen LogP contribution in [0, 0.1) is 0 Å². The second kappa shape index (κ2) is 10.1. The van der Waals surface area contributed by atoms with Crippen molar-refractivity contribution in [3.05, 3.63) is 0 Å². The van der Waals surface area contributed by atoms with Gasteiger partial charge in [0.15, 0.2) is 8.32 Å². The Hall–Kier alpha value is 0.981. The zero-order valence-electron chi connectivity index (χ0n) is 20.3. The normalized spacial score (nSPS) is 15.2. The molecule has 28 heavy (non-hydrogen) atoms. The Balaban J connectivity index is 5.19. The van der Waals surface area contributed by atoms with Crippen molar-refractivity contribution in [1.29, 1.82) is 0 Å².